The first-order chi connectivity index (χ1) is 6.74. The van der Waals surface area contributed by atoms with Gasteiger partial charge in [0.05, 0.1) is 6.10 Å². The maximum absolute atomic E-state index is 11.4. The van der Waals surface area contributed by atoms with E-state index in [1.165, 1.54) is 6.42 Å². The van der Waals surface area contributed by atoms with Crippen molar-refractivity contribution in [1.82, 2.24) is 10.2 Å². The fraction of sp³-hybridized carbons (Fsp3) is 0.900. The molecule has 1 aliphatic rings. The minimum atomic E-state index is -0.0123. The Labute approximate surface area is 85.6 Å². The monoisotopic (exact) mass is 200 g/mol. The van der Waals surface area contributed by atoms with Crippen LogP contribution in [0, 0.1) is 0 Å². The molecule has 0 spiro atoms. The minimum Gasteiger partial charge on any atom is -0.376 e. The molecule has 1 N–H and O–H groups in total. The number of nitrogens with one attached hydrogen (secondary N) is 1. The zero-order valence-corrected chi connectivity index (χ0v) is 9.08. The van der Waals surface area contributed by atoms with Crippen molar-refractivity contribution >= 4 is 6.03 Å². The standard InChI is InChI=1S/C10H20N2O2/c1-3-11-10(13)12(2)8-9-6-4-5-7-14-9/h9H,3-8H2,1-2H3,(H,11,13). The predicted molar refractivity (Wildman–Crippen MR) is 55.3 cm³/mol. The van der Waals surface area contributed by atoms with Crippen LogP contribution in [0.25, 0.3) is 0 Å². The topological polar surface area (TPSA) is 41.6 Å². The fourth-order valence-electron chi connectivity index (χ4n) is 1.63. The summed E-state index contributed by atoms with van der Waals surface area (Å²) < 4.78 is 5.56. The fourth-order valence-corrected chi connectivity index (χ4v) is 1.63. The summed E-state index contributed by atoms with van der Waals surface area (Å²) in [5, 5.41) is 2.77. The highest BCUT2D eigenvalue weighted by Gasteiger charge is 2.17. The van der Waals surface area contributed by atoms with Crippen molar-refractivity contribution in [2.45, 2.75) is 32.3 Å². The van der Waals surface area contributed by atoms with E-state index in [4.69, 9.17) is 4.74 Å². The van der Waals surface area contributed by atoms with Gasteiger partial charge in [-0.1, -0.05) is 0 Å². The number of hydrogen-bond donors (Lipinski definition) is 1. The molecule has 4 nitrogen and oxygen atoms in total. The summed E-state index contributed by atoms with van der Waals surface area (Å²) in [6, 6.07) is -0.0123. The Bertz CT molecular complexity index is 179. The lowest BCUT2D eigenvalue weighted by Crippen LogP contribution is -2.42. The molecule has 1 aliphatic heterocycles. The quantitative estimate of drug-likeness (QED) is 0.744. The van der Waals surface area contributed by atoms with Gasteiger partial charge in [-0.05, 0) is 26.2 Å². The Morgan fingerprint density at radius 1 is 1.57 bits per heavy atom. The zero-order valence-electron chi connectivity index (χ0n) is 9.08. The second-order valence-electron chi connectivity index (χ2n) is 3.70. The molecular weight excluding hydrogens is 180 g/mol. The van der Waals surface area contributed by atoms with Gasteiger partial charge in [0, 0.05) is 26.7 Å². The van der Waals surface area contributed by atoms with Gasteiger partial charge in [0.2, 0.25) is 0 Å². The Morgan fingerprint density at radius 2 is 2.36 bits per heavy atom. The first-order valence-corrected chi connectivity index (χ1v) is 5.34. The molecule has 0 saturated carbocycles. The van der Waals surface area contributed by atoms with Gasteiger partial charge in [-0.15, -0.1) is 0 Å². The average Bonchev–Trinajstić information content (AvgIpc) is 2.19. The van der Waals surface area contributed by atoms with Gasteiger partial charge < -0.3 is 15.0 Å². The van der Waals surface area contributed by atoms with Gasteiger partial charge in [-0.3, -0.25) is 0 Å². The summed E-state index contributed by atoms with van der Waals surface area (Å²) in [7, 11) is 1.81. The van der Waals surface area contributed by atoms with Crippen LogP contribution < -0.4 is 5.32 Å². The lowest BCUT2D eigenvalue weighted by atomic mass is 10.1. The highest BCUT2D eigenvalue weighted by Crippen LogP contribution is 2.13. The minimum absolute atomic E-state index is 0.0123. The highest BCUT2D eigenvalue weighted by atomic mass is 16.5. The summed E-state index contributed by atoms with van der Waals surface area (Å²) in [6.45, 7) is 4.14. The van der Waals surface area contributed by atoms with Crippen LogP contribution >= 0.6 is 0 Å². The van der Waals surface area contributed by atoms with Crippen LogP contribution in [0.1, 0.15) is 26.2 Å². The van der Waals surface area contributed by atoms with Crippen LogP contribution in [0.15, 0.2) is 0 Å². The van der Waals surface area contributed by atoms with E-state index in [2.05, 4.69) is 5.32 Å². The number of carbonyl (C=O) groups is 1. The summed E-state index contributed by atoms with van der Waals surface area (Å²) in [6.07, 6.45) is 3.68. The Hall–Kier alpha value is -0.770. The molecule has 82 valence electrons. The van der Waals surface area contributed by atoms with Crippen LogP contribution in [0.5, 0.6) is 0 Å². The van der Waals surface area contributed by atoms with Gasteiger partial charge in [-0.2, -0.15) is 0 Å². The van der Waals surface area contributed by atoms with E-state index < -0.39 is 0 Å². The number of carbonyl (C=O) groups excluding carboxylic acids is 1. The van der Waals surface area contributed by atoms with E-state index in [0.717, 1.165) is 19.4 Å². The maximum atomic E-state index is 11.4. The molecule has 1 rings (SSSR count). The summed E-state index contributed by atoms with van der Waals surface area (Å²) in [5.41, 5.74) is 0. The van der Waals surface area contributed by atoms with Gasteiger partial charge in [0.1, 0.15) is 0 Å². The van der Waals surface area contributed by atoms with E-state index in [0.29, 0.717) is 13.1 Å². The molecule has 0 aromatic rings. The van der Waals surface area contributed by atoms with E-state index in [1.807, 2.05) is 14.0 Å². The number of nitrogens with zero attached hydrogens (tertiary/aromatic N) is 1. The van der Waals surface area contributed by atoms with E-state index in [9.17, 15) is 4.79 Å². The smallest absolute Gasteiger partial charge is 0.317 e. The molecule has 14 heavy (non-hydrogen) atoms. The van der Waals surface area contributed by atoms with Crippen LogP contribution in [0.3, 0.4) is 0 Å². The molecule has 1 heterocycles. The first-order valence-electron chi connectivity index (χ1n) is 5.34. The molecule has 0 aromatic heterocycles. The van der Waals surface area contributed by atoms with Crippen molar-refractivity contribution in [3.05, 3.63) is 0 Å². The Morgan fingerprint density at radius 3 is 2.93 bits per heavy atom. The summed E-state index contributed by atoms with van der Waals surface area (Å²) >= 11 is 0. The molecule has 0 radical (unpaired) electrons. The van der Waals surface area contributed by atoms with Gasteiger partial charge >= 0.3 is 6.03 Å². The third-order valence-corrected chi connectivity index (χ3v) is 2.43. The highest BCUT2D eigenvalue weighted by molar-refractivity contribution is 5.73. The van der Waals surface area contributed by atoms with Crippen LogP contribution in [-0.4, -0.2) is 43.8 Å². The van der Waals surface area contributed by atoms with Crippen molar-refractivity contribution in [3.8, 4) is 0 Å². The van der Waals surface area contributed by atoms with Crippen molar-refractivity contribution in [2.24, 2.45) is 0 Å². The van der Waals surface area contributed by atoms with E-state index in [1.54, 1.807) is 4.90 Å². The Balaban J connectivity index is 2.24. The SMILES string of the molecule is CCNC(=O)N(C)CC1CCCCO1. The third kappa shape index (κ3) is 3.54. The molecule has 1 saturated heterocycles. The lowest BCUT2D eigenvalue weighted by molar-refractivity contribution is 0.00390. The second kappa shape index (κ2) is 5.86. The summed E-state index contributed by atoms with van der Waals surface area (Å²) in [5.74, 6) is 0. The second-order valence-corrected chi connectivity index (χ2v) is 3.70. The first kappa shape index (κ1) is 11.3. The number of ether oxygens (including phenoxy) is 1. The summed E-state index contributed by atoms with van der Waals surface area (Å²) in [4.78, 5) is 13.1. The van der Waals surface area contributed by atoms with Crippen molar-refractivity contribution in [3.63, 3.8) is 0 Å². The lowest BCUT2D eigenvalue weighted by Gasteiger charge is -2.27. The molecule has 1 fully saturated rings. The third-order valence-electron chi connectivity index (χ3n) is 2.43. The molecule has 2 amide bonds. The normalized spacial score (nSPS) is 21.7. The van der Waals surface area contributed by atoms with E-state index in [-0.39, 0.29) is 12.1 Å². The molecule has 0 bridgehead atoms. The number of rotatable bonds is 3. The van der Waals surface area contributed by atoms with Gasteiger partial charge in [0.15, 0.2) is 0 Å². The number of urea groups is 1. The predicted octanol–water partition coefficient (Wildman–Crippen LogP) is 1.22. The van der Waals surface area contributed by atoms with Crippen molar-refractivity contribution in [2.75, 3.05) is 26.7 Å². The molecule has 1 unspecified atom stereocenters. The number of hydrogen-bond acceptors (Lipinski definition) is 2. The number of likely N-dealkylation sites (N-methyl/N-ethyl adjacent to an activating group) is 1. The molecule has 0 aliphatic carbocycles. The molecule has 1 atom stereocenters. The maximum Gasteiger partial charge on any atom is 0.317 e. The van der Waals surface area contributed by atoms with Gasteiger partial charge in [-0.25, -0.2) is 4.79 Å². The molecular formula is C10H20N2O2. The molecule has 4 heteroatoms. The largest absolute Gasteiger partial charge is 0.376 e. The van der Waals surface area contributed by atoms with E-state index >= 15 is 0 Å². The van der Waals surface area contributed by atoms with Gasteiger partial charge in [0.25, 0.3) is 0 Å². The average molecular weight is 200 g/mol. The zero-order chi connectivity index (χ0) is 10.4. The van der Waals surface area contributed by atoms with Crippen molar-refractivity contribution in [1.29, 1.82) is 0 Å². The van der Waals surface area contributed by atoms with Crippen LogP contribution in [-0.2, 0) is 4.74 Å². The Kier molecular flexibility index (Phi) is 4.73. The van der Waals surface area contributed by atoms with Crippen LogP contribution in [0.4, 0.5) is 4.79 Å². The van der Waals surface area contributed by atoms with Crippen molar-refractivity contribution < 1.29 is 9.53 Å². The van der Waals surface area contributed by atoms with Crippen LogP contribution in [0.2, 0.25) is 0 Å². The number of amides is 2. The molecule has 0 aromatic carbocycles.